The Bertz CT molecular complexity index is 264. The summed E-state index contributed by atoms with van der Waals surface area (Å²) >= 11 is 0. The van der Waals surface area contributed by atoms with E-state index in [0.29, 0.717) is 25.8 Å². The van der Waals surface area contributed by atoms with Gasteiger partial charge in [0.25, 0.3) is 5.92 Å². The van der Waals surface area contributed by atoms with Gasteiger partial charge in [-0.2, -0.15) is 0 Å². The summed E-state index contributed by atoms with van der Waals surface area (Å²) in [6.07, 6.45) is 1.61. The maximum Gasteiger partial charge on any atom is 0.265 e. The molecule has 0 spiro atoms. The van der Waals surface area contributed by atoms with Crippen LogP contribution in [0.4, 0.5) is 8.78 Å². The van der Waals surface area contributed by atoms with Crippen molar-refractivity contribution in [2.45, 2.75) is 37.6 Å². The molecule has 2 fully saturated rings. The van der Waals surface area contributed by atoms with Crippen LogP contribution in [0.3, 0.4) is 0 Å². The van der Waals surface area contributed by atoms with Crippen molar-refractivity contribution in [1.82, 2.24) is 4.90 Å². The summed E-state index contributed by atoms with van der Waals surface area (Å²) < 4.78 is 26.1. The number of halogens is 2. The van der Waals surface area contributed by atoms with Crippen LogP contribution in [0, 0.1) is 5.92 Å². The predicted molar refractivity (Wildman–Crippen MR) is 51.5 cm³/mol. The fourth-order valence-corrected chi connectivity index (χ4v) is 2.28. The highest BCUT2D eigenvalue weighted by molar-refractivity contribution is 5.80. The fourth-order valence-electron chi connectivity index (χ4n) is 2.28. The van der Waals surface area contributed by atoms with Crippen molar-refractivity contribution in [2.24, 2.45) is 11.7 Å². The molecule has 1 heterocycles. The predicted octanol–water partition coefficient (Wildman–Crippen LogP) is 0.981. The minimum atomic E-state index is -2.69. The first-order valence-corrected chi connectivity index (χ1v) is 5.40. The Kier molecular flexibility index (Phi) is 2.66. The molecule has 2 N–H and O–H groups in total. The van der Waals surface area contributed by atoms with Crippen molar-refractivity contribution in [3.05, 3.63) is 0 Å². The first kappa shape index (κ1) is 10.8. The molecular formula is C10H16F2N2O. The highest BCUT2D eigenvalue weighted by Gasteiger charge is 2.41. The van der Waals surface area contributed by atoms with E-state index in [0.717, 1.165) is 0 Å². The molecule has 0 radical (unpaired) electrons. The van der Waals surface area contributed by atoms with E-state index < -0.39 is 12.5 Å². The van der Waals surface area contributed by atoms with E-state index >= 15 is 0 Å². The lowest BCUT2D eigenvalue weighted by Gasteiger charge is -2.39. The van der Waals surface area contributed by atoms with Gasteiger partial charge in [0.15, 0.2) is 0 Å². The number of nitrogens with two attached hydrogens (primary N) is 1. The number of hydrogen-bond acceptors (Lipinski definition) is 2. The van der Waals surface area contributed by atoms with Gasteiger partial charge in [0.05, 0.1) is 6.54 Å². The van der Waals surface area contributed by atoms with Crippen LogP contribution in [0.5, 0.6) is 0 Å². The van der Waals surface area contributed by atoms with E-state index in [4.69, 9.17) is 5.73 Å². The molecule has 1 saturated heterocycles. The number of piperidine rings is 1. The van der Waals surface area contributed by atoms with Crippen molar-refractivity contribution in [3.8, 4) is 0 Å². The van der Waals surface area contributed by atoms with Gasteiger partial charge in [-0.3, -0.25) is 4.79 Å². The van der Waals surface area contributed by atoms with Crippen molar-refractivity contribution >= 4 is 5.91 Å². The van der Waals surface area contributed by atoms with E-state index in [1.807, 2.05) is 0 Å². The molecule has 5 heteroatoms. The van der Waals surface area contributed by atoms with Crippen LogP contribution in [-0.2, 0) is 4.79 Å². The minimum absolute atomic E-state index is 0.0873. The van der Waals surface area contributed by atoms with Crippen molar-refractivity contribution < 1.29 is 13.6 Å². The van der Waals surface area contributed by atoms with Gasteiger partial charge >= 0.3 is 0 Å². The van der Waals surface area contributed by atoms with E-state index in [1.54, 1.807) is 0 Å². The second-order valence-corrected chi connectivity index (χ2v) is 4.65. The van der Waals surface area contributed by atoms with E-state index in [2.05, 4.69) is 0 Å². The van der Waals surface area contributed by atoms with Gasteiger partial charge in [0.2, 0.25) is 5.91 Å². The van der Waals surface area contributed by atoms with Gasteiger partial charge in [0, 0.05) is 24.9 Å². The van der Waals surface area contributed by atoms with Crippen LogP contribution in [0.15, 0.2) is 0 Å². The van der Waals surface area contributed by atoms with Crippen LogP contribution in [-0.4, -0.2) is 35.9 Å². The second kappa shape index (κ2) is 3.70. The smallest absolute Gasteiger partial charge is 0.265 e. The van der Waals surface area contributed by atoms with E-state index in [9.17, 15) is 13.6 Å². The quantitative estimate of drug-likeness (QED) is 0.713. The molecule has 0 bridgehead atoms. The van der Waals surface area contributed by atoms with Gasteiger partial charge in [-0.25, -0.2) is 8.78 Å². The SMILES string of the molecule is NC1CC(C(=O)N2CCCC(F)(F)C2)C1. The third-order valence-electron chi connectivity index (χ3n) is 3.23. The van der Waals surface area contributed by atoms with Crippen molar-refractivity contribution in [3.63, 3.8) is 0 Å². The molecule has 0 unspecified atom stereocenters. The standard InChI is InChI=1S/C10H16F2N2O/c11-10(12)2-1-3-14(6-10)9(15)7-4-8(13)5-7/h7-8H,1-6,13H2. The average molecular weight is 218 g/mol. The van der Waals surface area contributed by atoms with Crippen LogP contribution in [0.25, 0.3) is 0 Å². The Hall–Kier alpha value is -0.710. The Morgan fingerprint density at radius 2 is 2.07 bits per heavy atom. The molecule has 0 atom stereocenters. The number of hydrogen-bond donors (Lipinski definition) is 1. The molecule has 0 aromatic carbocycles. The van der Waals surface area contributed by atoms with Crippen LogP contribution < -0.4 is 5.73 Å². The summed E-state index contributed by atoms with van der Waals surface area (Å²) in [4.78, 5) is 13.1. The Morgan fingerprint density at radius 1 is 1.40 bits per heavy atom. The zero-order valence-electron chi connectivity index (χ0n) is 8.59. The number of amides is 1. The first-order valence-electron chi connectivity index (χ1n) is 5.40. The molecule has 1 aliphatic heterocycles. The molecule has 0 aromatic heterocycles. The molecule has 0 aromatic rings. The maximum atomic E-state index is 13.1. The average Bonchev–Trinajstić information content (AvgIpc) is 2.10. The van der Waals surface area contributed by atoms with E-state index in [1.165, 1.54) is 4.90 Å². The summed E-state index contributed by atoms with van der Waals surface area (Å²) in [6, 6.07) is 0.0873. The third-order valence-corrected chi connectivity index (χ3v) is 3.23. The Balaban J connectivity index is 1.90. The van der Waals surface area contributed by atoms with Crippen LogP contribution >= 0.6 is 0 Å². The summed E-state index contributed by atoms with van der Waals surface area (Å²) in [5.74, 6) is -2.93. The lowest BCUT2D eigenvalue weighted by atomic mass is 9.79. The van der Waals surface area contributed by atoms with Crippen LogP contribution in [0.1, 0.15) is 25.7 Å². The topological polar surface area (TPSA) is 46.3 Å². The number of carbonyl (C=O) groups is 1. The van der Waals surface area contributed by atoms with Crippen molar-refractivity contribution in [1.29, 1.82) is 0 Å². The molecule has 86 valence electrons. The number of rotatable bonds is 1. The normalized spacial score (nSPS) is 34.7. The van der Waals surface area contributed by atoms with Gasteiger partial charge in [0.1, 0.15) is 0 Å². The van der Waals surface area contributed by atoms with Gasteiger partial charge in [-0.1, -0.05) is 0 Å². The Morgan fingerprint density at radius 3 is 2.60 bits per heavy atom. The third kappa shape index (κ3) is 2.27. The molecule has 3 nitrogen and oxygen atoms in total. The number of likely N-dealkylation sites (tertiary alicyclic amines) is 1. The number of carbonyl (C=O) groups excluding carboxylic acids is 1. The molecule has 2 aliphatic rings. The largest absolute Gasteiger partial charge is 0.336 e. The van der Waals surface area contributed by atoms with Gasteiger partial charge < -0.3 is 10.6 Å². The summed E-state index contributed by atoms with van der Waals surface area (Å²) in [7, 11) is 0. The second-order valence-electron chi connectivity index (χ2n) is 4.65. The lowest BCUT2D eigenvalue weighted by molar-refractivity contribution is -0.148. The summed E-state index contributed by atoms with van der Waals surface area (Å²) in [5.41, 5.74) is 5.57. The summed E-state index contributed by atoms with van der Waals surface area (Å²) in [5, 5.41) is 0. The van der Waals surface area contributed by atoms with Crippen LogP contribution in [0.2, 0.25) is 0 Å². The highest BCUT2D eigenvalue weighted by Crippen LogP contribution is 2.32. The minimum Gasteiger partial charge on any atom is -0.336 e. The number of nitrogens with zero attached hydrogens (tertiary/aromatic N) is 1. The molecule has 15 heavy (non-hydrogen) atoms. The maximum absolute atomic E-state index is 13.1. The zero-order chi connectivity index (χ0) is 11.1. The molecule has 1 amide bonds. The molecule has 1 aliphatic carbocycles. The molecule has 1 saturated carbocycles. The monoisotopic (exact) mass is 218 g/mol. The zero-order valence-corrected chi connectivity index (χ0v) is 8.59. The molecular weight excluding hydrogens is 202 g/mol. The van der Waals surface area contributed by atoms with Gasteiger partial charge in [-0.15, -0.1) is 0 Å². The number of alkyl halides is 2. The van der Waals surface area contributed by atoms with Gasteiger partial charge in [-0.05, 0) is 19.3 Å². The van der Waals surface area contributed by atoms with Crippen molar-refractivity contribution in [2.75, 3.05) is 13.1 Å². The lowest BCUT2D eigenvalue weighted by Crippen LogP contribution is -2.52. The van der Waals surface area contributed by atoms with E-state index in [-0.39, 0.29) is 24.3 Å². The highest BCUT2D eigenvalue weighted by atomic mass is 19.3. The summed E-state index contributed by atoms with van der Waals surface area (Å²) in [6.45, 7) is 0.0672. The first-order chi connectivity index (χ1) is 6.98. The molecule has 2 rings (SSSR count). The fraction of sp³-hybridized carbons (Fsp3) is 0.900. The Labute approximate surface area is 87.6 Å².